The molecule has 8 aromatic rings. The highest BCUT2D eigenvalue weighted by Gasteiger charge is 2.43. The molecule has 8 rings (SSSR count). The van der Waals surface area contributed by atoms with Crippen molar-refractivity contribution in [1.82, 2.24) is 4.57 Å². The number of para-hydroxylation sites is 2. The SMILES string of the molecule is [C-]#[N+]c1ccc2c(c1)c1ccccc1n2-c1c(C#N)cccc1-c1cccc([Si](c2ccccc2)(c2ccccc2)c2ccccc2)c1C#N. The van der Waals surface area contributed by atoms with Crippen LogP contribution in [0.2, 0.25) is 0 Å². The van der Waals surface area contributed by atoms with Gasteiger partial charge in [0, 0.05) is 16.5 Å². The molecule has 0 saturated heterocycles. The van der Waals surface area contributed by atoms with E-state index in [-0.39, 0.29) is 0 Å². The topological polar surface area (TPSA) is 56.9 Å². The zero-order chi connectivity index (χ0) is 34.1. The lowest BCUT2D eigenvalue weighted by Crippen LogP contribution is -2.75. The van der Waals surface area contributed by atoms with E-state index in [9.17, 15) is 10.5 Å². The van der Waals surface area contributed by atoms with Crippen LogP contribution in [0.1, 0.15) is 11.1 Å². The second-order valence-electron chi connectivity index (χ2n) is 12.2. The maximum atomic E-state index is 11.3. The molecule has 0 aliphatic heterocycles. The van der Waals surface area contributed by atoms with Gasteiger partial charge >= 0.3 is 0 Å². The van der Waals surface area contributed by atoms with Crippen LogP contribution in [0.15, 0.2) is 170 Å². The minimum atomic E-state index is -3.06. The van der Waals surface area contributed by atoms with Crippen LogP contribution in [-0.2, 0) is 0 Å². The third-order valence-electron chi connectivity index (χ3n) is 9.66. The maximum absolute atomic E-state index is 11.3. The highest BCUT2D eigenvalue weighted by Crippen LogP contribution is 2.39. The molecular formula is C45H28N4Si. The molecule has 0 fully saturated rings. The van der Waals surface area contributed by atoms with E-state index in [4.69, 9.17) is 6.57 Å². The largest absolute Gasteiger partial charge is 0.307 e. The standard InChI is InChI=1S/C45H28N4Si/c1-48-33-27-28-43-40(29-33)38-22-11-12-25-42(38)49(43)45-32(30-46)15-13-24-39(45)37-23-14-26-44(41(37)31-47)50(34-16-5-2-6-17-34,35-18-7-3-8-19-35)36-20-9-4-10-21-36/h2-29H. The number of benzene rings is 7. The Morgan fingerprint density at radius 2 is 1.08 bits per heavy atom. The molecule has 1 aromatic heterocycles. The predicted molar refractivity (Wildman–Crippen MR) is 206 cm³/mol. The fraction of sp³-hybridized carbons (Fsp3) is 0. The molecule has 0 radical (unpaired) electrons. The van der Waals surface area contributed by atoms with Crippen LogP contribution < -0.4 is 20.7 Å². The number of nitriles is 2. The molecule has 5 heteroatoms. The quantitative estimate of drug-likeness (QED) is 0.104. The fourth-order valence-electron chi connectivity index (χ4n) is 7.60. The molecule has 0 bridgehead atoms. The van der Waals surface area contributed by atoms with E-state index >= 15 is 0 Å². The zero-order valence-corrected chi connectivity index (χ0v) is 28.0. The Hall–Kier alpha value is -6.97. The molecule has 0 atom stereocenters. The number of aromatic nitrogens is 1. The number of nitrogens with zero attached hydrogens (tertiary/aromatic N) is 4. The summed E-state index contributed by atoms with van der Waals surface area (Å²) >= 11 is 0. The third-order valence-corrected chi connectivity index (χ3v) is 14.5. The van der Waals surface area contributed by atoms with E-state index in [0.29, 0.717) is 22.5 Å². The van der Waals surface area contributed by atoms with Crippen molar-refractivity contribution in [3.63, 3.8) is 0 Å². The molecule has 0 amide bonds. The first-order chi connectivity index (χ1) is 24.7. The molecule has 0 N–H and O–H groups in total. The Bertz CT molecular complexity index is 2580. The van der Waals surface area contributed by atoms with Crippen LogP contribution in [0.5, 0.6) is 0 Å². The molecule has 7 aromatic carbocycles. The van der Waals surface area contributed by atoms with Gasteiger partial charge in [-0.2, -0.15) is 10.5 Å². The predicted octanol–water partition coefficient (Wildman–Crippen LogP) is 8.12. The molecule has 0 saturated carbocycles. The smallest absolute Gasteiger partial charge is 0.188 e. The van der Waals surface area contributed by atoms with Crippen molar-refractivity contribution in [2.45, 2.75) is 0 Å². The van der Waals surface area contributed by atoms with Gasteiger partial charge in [0.15, 0.2) is 13.8 Å². The summed E-state index contributed by atoms with van der Waals surface area (Å²) in [5, 5.41) is 28.3. The monoisotopic (exact) mass is 652 g/mol. The van der Waals surface area contributed by atoms with Gasteiger partial charge in [0.25, 0.3) is 0 Å². The van der Waals surface area contributed by atoms with Crippen molar-refractivity contribution < 1.29 is 0 Å². The first-order valence-electron chi connectivity index (χ1n) is 16.4. The summed E-state index contributed by atoms with van der Waals surface area (Å²) in [6.45, 7) is 7.66. The summed E-state index contributed by atoms with van der Waals surface area (Å²) in [4.78, 5) is 3.69. The van der Waals surface area contributed by atoms with Gasteiger partial charge in [-0.25, -0.2) is 4.85 Å². The first kappa shape index (κ1) is 30.4. The number of rotatable bonds is 6. The minimum absolute atomic E-state index is 0.492. The number of hydrogen-bond donors (Lipinski definition) is 0. The Labute approximate surface area is 291 Å². The van der Waals surface area contributed by atoms with Gasteiger partial charge in [0.1, 0.15) is 6.07 Å². The van der Waals surface area contributed by atoms with Crippen LogP contribution in [0.4, 0.5) is 5.69 Å². The summed E-state index contributed by atoms with van der Waals surface area (Å²) in [7, 11) is -3.06. The second-order valence-corrected chi connectivity index (χ2v) is 15.9. The summed E-state index contributed by atoms with van der Waals surface area (Å²) in [6.07, 6.45) is 0. The summed E-state index contributed by atoms with van der Waals surface area (Å²) in [5.41, 5.74) is 5.70. The van der Waals surface area contributed by atoms with E-state index in [1.165, 1.54) is 15.6 Å². The maximum Gasteiger partial charge on any atom is 0.188 e. The van der Waals surface area contributed by atoms with Gasteiger partial charge in [-0.15, -0.1) is 0 Å². The van der Waals surface area contributed by atoms with Crippen LogP contribution in [0.25, 0.3) is 43.5 Å². The van der Waals surface area contributed by atoms with Crippen molar-refractivity contribution in [1.29, 1.82) is 10.5 Å². The normalized spacial score (nSPS) is 11.1. The van der Waals surface area contributed by atoms with Crippen molar-refractivity contribution in [2.75, 3.05) is 0 Å². The van der Waals surface area contributed by atoms with E-state index in [0.717, 1.165) is 38.1 Å². The van der Waals surface area contributed by atoms with Crippen LogP contribution in [0.3, 0.4) is 0 Å². The van der Waals surface area contributed by atoms with Gasteiger partial charge in [0.05, 0.1) is 40.5 Å². The summed E-state index contributed by atoms with van der Waals surface area (Å²) in [5.74, 6) is 0. The molecule has 0 aliphatic carbocycles. The van der Waals surface area contributed by atoms with Crippen molar-refractivity contribution >= 4 is 56.3 Å². The Balaban J connectivity index is 1.50. The highest BCUT2D eigenvalue weighted by atomic mass is 28.3. The Morgan fingerprint density at radius 1 is 0.520 bits per heavy atom. The molecule has 0 spiro atoms. The van der Waals surface area contributed by atoms with Gasteiger partial charge in [-0.1, -0.05) is 146 Å². The number of fused-ring (bicyclic) bond motifs is 3. The van der Waals surface area contributed by atoms with Crippen molar-refractivity contribution in [3.8, 4) is 29.0 Å². The number of hydrogen-bond acceptors (Lipinski definition) is 2. The van der Waals surface area contributed by atoms with E-state index < -0.39 is 8.07 Å². The minimum Gasteiger partial charge on any atom is -0.307 e. The van der Waals surface area contributed by atoms with E-state index in [1.807, 2.05) is 78.9 Å². The van der Waals surface area contributed by atoms with Crippen molar-refractivity contribution in [3.05, 3.63) is 192 Å². The zero-order valence-electron chi connectivity index (χ0n) is 27.0. The van der Waals surface area contributed by atoms with Crippen LogP contribution in [-0.4, -0.2) is 12.6 Å². The van der Waals surface area contributed by atoms with Gasteiger partial charge in [-0.05, 0) is 50.4 Å². The molecule has 4 nitrogen and oxygen atoms in total. The molecule has 1 heterocycles. The Kier molecular flexibility index (Phi) is 7.63. The van der Waals surface area contributed by atoms with Crippen LogP contribution >= 0.6 is 0 Å². The summed E-state index contributed by atoms with van der Waals surface area (Å²) in [6, 6.07) is 62.6. The van der Waals surface area contributed by atoms with E-state index in [2.05, 4.69) is 113 Å². The van der Waals surface area contributed by atoms with Gasteiger partial charge in [0.2, 0.25) is 0 Å². The van der Waals surface area contributed by atoms with E-state index in [1.54, 1.807) is 0 Å². The van der Waals surface area contributed by atoms with Gasteiger partial charge in [-0.3, -0.25) is 0 Å². The summed E-state index contributed by atoms with van der Waals surface area (Å²) < 4.78 is 2.12. The lowest BCUT2D eigenvalue weighted by atomic mass is 9.96. The molecule has 50 heavy (non-hydrogen) atoms. The third kappa shape index (κ3) is 4.64. The molecule has 0 unspecified atom stereocenters. The lowest BCUT2D eigenvalue weighted by molar-refractivity contribution is 1.17. The van der Waals surface area contributed by atoms with Crippen LogP contribution in [0, 0.1) is 29.2 Å². The Morgan fingerprint density at radius 3 is 1.68 bits per heavy atom. The lowest BCUT2D eigenvalue weighted by Gasteiger charge is -2.35. The second kappa shape index (κ2) is 12.6. The van der Waals surface area contributed by atoms with Crippen molar-refractivity contribution in [2.24, 2.45) is 0 Å². The highest BCUT2D eigenvalue weighted by molar-refractivity contribution is 7.20. The average molecular weight is 653 g/mol. The molecule has 232 valence electrons. The average Bonchev–Trinajstić information content (AvgIpc) is 3.52. The molecule has 0 aliphatic rings. The molecular weight excluding hydrogens is 625 g/mol. The fourth-order valence-corrected chi connectivity index (χ4v) is 12.5. The van der Waals surface area contributed by atoms with Gasteiger partial charge < -0.3 is 4.57 Å². The first-order valence-corrected chi connectivity index (χ1v) is 18.4.